The van der Waals surface area contributed by atoms with Gasteiger partial charge in [0.2, 0.25) is 10.9 Å². The highest BCUT2D eigenvalue weighted by molar-refractivity contribution is 7.86. The maximum Gasteiger partial charge on any atom is 0.296 e. The van der Waals surface area contributed by atoms with E-state index in [9.17, 15) is 63.7 Å². The number of azo groups is 1. The molecule has 6 aromatic rings. The zero-order valence-electron chi connectivity index (χ0n) is 30.5. The maximum atomic E-state index is 13.7. The number of non-ortho nitro benzene ring substituents is 1. The lowest BCUT2D eigenvalue weighted by Gasteiger charge is -2.11. The van der Waals surface area contributed by atoms with E-state index in [-0.39, 0.29) is 27.8 Å². The molecule has 23 nitrogen and oxygen atoms in total. The molecule has 0 radical (unpaired) electrons. The van der Waals surface area contributed by atoms with Gasteiger partial charge in [0.25, 0.3) is 36.0 Å². The molecule has 6 rings (SSSR count). The minimum absolute atomic E-state index is 0.191. The van der Waals surface area contributed by atoms with Crippen molar-refractivity contribution < 1.29 is 53.7 Å². The monoisotopic (exact) mass is 894 g/mol. The summed E-state index contributed by atoms with van der Waals surface area (Å²) in [4.78, 5) is 35.1. The van der Waals surface area contributed by atoms with Crippen molar-refractivity contribution in [1.82, 2.24) is 0 Å². The summed E-state index contributed by atoms with van der Waals surface area (Å²) in [6.45, 7) is 0. The number of nitro groups is 1. The molecule has 0 spiro atoms. The highest BCUT2D eigenvalue weighted by atomic mass is 32.2. The first-order chi connectivity index (χ1) is 28.6. The highest BCUT2D eigenvalue weighted by Crippen LogP contribution is 2.38. The van der Waals surface area contributed by atoms with E-state index in [0.717, 1.165) is 36.4 Å². The summed E-state index contributed by atoms with van der Waals surface area (Å²) >= 11 is 0. The fourth-order valence-corrected chi connectivity index (χ4v) is 7.14. The summed E-state index contributed by atoms with van der Waals surface area (Å²) in [5.41, 5.74) is 1.85. The van der Waals surface area contributed by atoms with E-state index in [0.29, 0.717) is 23.6 Å². The average molecular weight is 895 g/mol. The molecule has 61 heavy (non-hydrogen) atoms. The first kappa shape index (κ1) is 43.1. The van der Waals surface area contributed by atoms with Gasteiger partial charge in [-0.15, -0.1) is 10.2 Å². The second kappa shape index (κ2) is 16.6. The number of phenols is 1. The Kier molecular flexibility index (Phi) is 11.8. The molecule has 0 saturated heterocycles. The van der Waals surface area contributed by atoms with Crippen molar-refractivity contribution >= 4 is 80.9 Å². The summed E-state index contributed by atoms with van der Waals surface area (Å²) in [7, 11) is -13.4. The number of ether oxygens (including phenoxy) is 1. The third kappa shape index (κ3) is 9.87. The molecule has 0 bridgehead atoms. The molecule has 6 aromatic carbocycles. The standard InChI is InChI=1S/C35H26N8O15S3/c1-58-23-9-6-21(7-10-23)38-42-33-34(45)28(40-37-20-4-2-19(3-5-20)36-26-11-8-22(43(47)48)14-31(26)61(55,56)57)17-29(35(33)46)41-39-27-15-24(59(49,50)51)12-18-13-25(60(52,53)54)16-30(44)32(18)27/h2-17,36-38,44H,1H3,(H,49,50,51)(H,52,53,54)(H,55,56,57). The van der Waals surface area contributed by atoms with Crippen LogP contribution in [-0.2, 0) is 30.4 Å². The van der Waals surface area contributed by atoms with Gasteiger partial charge in [-0.2, -0.15) is 35.5 Å². The number of hydrogen-bond acceptors (Lipinski definition) is 19. The smallest absolute Gasteiger partial charge is 0.296 e. The normalized spacial score (nSPS) is 12.8. The zero-order chi connectivity index (χ0) is 44.4. The van der Waals surface area contributed by atoms with Gasteiger partial charge in [-0.05, 0) is 78.2 Å². The summed E-state index contributed by atoms with van der Waals surface area (Å²) in [6.07, 6.45) is 0. The number of hydrogen-bond donors (Lipinski definition) is 7. The Morgan fingerprint density at radius 1 is 0.656 bits per heavy atom. The molecule has 314 valence electrons. The number of nitrogens with zero attached hydrogens (tertiary/aromatic N) is 5. The molecule has 0 aliphatic heterocycles. The Morgan fingerprint density at radius 2 is 1.21 bits per heavy atom. The molecule has 0 aromatic heterocycles. The first-order valence-electron chi connectivity index (χ1n) is 16.6. The summed E-state index contributed by atoms with van der Waals surface area (Å²) in [5, 5.41) is 38.4. The summed E-state index contributed by atoms with van der Waals surface area (Å²) in [5.74, 6) is -0.344. The van der Waals surface area contributed by atoms with Gasteiger partial charge >= 0.3 is 0 Å². The average Bonchev–Trinajstić information content (AvgIpc) is 3.19. The van der Waals surface area contributed by atoms with Gasteiger partial charge in [-0.3, -0.25) is 44.2 Å². The van der Waals surface area contributed by atoms with Crippen LogP contribution in [0.1, 0.15) is 0 Å². The second-order valence-electron chi connectivity index (χ2n) is 12.3. The molecular formula is C35H26N8O15S3. The number of nitro benzene ring substituents is 1. The SMILES string of the molecule is COc1ccc(NN=c2c(=O)c(N=Nc3cc(S(=O)(=O)O)cc4cc(S(=O)(=O)O)cc(O)c34)cc(=NNc3ccc(Nc4ccc([N+](=O)[O-])cc4S(=O)(=O)O)cc3)c2=O)cc1. The number of aromatic hydroxyl groups is 1. The van der Waals surface area contributed by atoms with Crippen molar-refractivity contribution in [2.75, 3.05) is 23.3 Å². The zero-order valence-corrected chi connectivity index (χ0v) is 32.9. The Labute approximate surface area is 341 Å². The van der Waals surface area contributed by atoms with E-state index in [1.807, 2.05) is 0 Å². The second-order valence-corrected chi connectivity index (χ2v) is 16.6. The van der Waals surface area contributed by atoms with Gasteiger partial charge in [-0.1, -0.05) is 0 Å². The fourth-order valence-electron chi connectivity index (χ4n) is 5.40. The lowest BCUT2D eigenvalue weighted by Crippen LogP contribution is -2.48. The molecule has 0 aliphatic rings. The molecule has 0 aliphatic carbocycles. The number of benzene rings is 6. The van der Waals surface area contributed by atoms with Crippen LogP contribution in [-0.4, -0.2) is 56.1 Å². The number of rotatable bonds is 13. The van der Waals surface area contributed by atoms with Crippen molar-refractivity contribution in [3.05, 3.63) is 138 Å². The van der Waals surface area contributed by atoms with E-state index in [1.165, 1.54) is 43.5 Å². The molecule has 7 N–H and O–H groups in total. The van der Waals surface area contributed by atoms with Gasteiger partial charge in [0.05, 0.1) is 50.0 Å². The van der Waals surface area contributed by atoms with E-state index in [2.05, 4.69) is 36.6 Å². The highest BCUT2D eigenvalue weighted by Gasteiger charge is 2.22. The fraction of sp³-hybridized carbons (Fsp3) is 0.0286. The van der Waals surface area contributed by atoms with Gasteiger partial charge in [0.1, 0.15) is 27.4 Å². The number of phenolic OH excluding ortho intramolecular Hbond substituents is 1. The van der Waals surface area contributed by atoms with Crippen LogP contribution < -0.4 is 42.5 Å². The quantitative estimate of drug-likeness (QED) is 0.0375. The third-order valence-electron chi connectivity index (χ3n) is 8.29. The Balaban J connectivity index is 1.43. The topological polar surface area (TPSA) is 355 Å². The first-order valence-corrected chi connectivity index (χ1v) is 20.9. The maximum absolute atomic E-state index is 13.7. The largest absolute Gasteiger partial charge is 0.507 e. The van der Waals surface area contributed by atoms with Crippen LogP contribution in [0, 0.1) is 10.1 Å². The van der Waals surface area contributed by atoms with E-state index in [4.69, 9.17) is 4.74 Å². The number of methoxy groups -OCH3 is 1. The molecule has 0 heterocycles. The van der Waals surface area contributed by atoms with E-state index in [1.54, 1.807) is 12.1 Å². The molecule has 0 saturated carbocycles. The van der Waals surface area contributed by atoms with Gasteiger partial charge in [0.15, 0.2) is 5.36 Å². The number of fused-ring (bicyclic) bond motifs is 1. The lowest BCUT2D eigenvalue weighted by molar-refractivity contribution is -0.385. The van der Waals surface area contributed by atoms with Crippen molar-refractivity contribution in [3.63, 3.8) is 0 Å². The third-order valence-corrected chi connectivity index (χ3v) is 10.9. The predicted octanol–water partition coefficient (Wildman–Crippen LogP) is 3.81. The summed E-state index contributed by atoms with van der Waals surface area (Å²) < 4.78 is 106. The van der Waals surface area contributed by atoms with Crippen molar-refractivity contribution in [2.45, 2.75) is 14.7 Å². The molecule has 0 atom stereocenters. The van der Waals surface area contributed by atoms with Crippen LogP contribution in [0.5, 0.6) is 11.5 Å². The van der Waals surface area contributed by atoms with Crippen LogP contribution in [0.25, 0.3) is 10.8 Å². The van der Waals surface area contributed by atoms with Crippen LogP contribution >= 0.6 is 0 Å². The minimum Gasteiger partial charge on any atom is -0.507 e. The Morgan fingerprint density at radius 3 is 1.79 bits per heavy atom. The van der Waals surface area contributed by atoms with Crippen molar-refractivity contribution in [1.29, 1.82) is 0 Å². The predicted molar refractivity (Wildman–Crippen MR) is 215 cm³/mol. The molecule has 26 heteroatoms. The van der Waals surface area contributed by atoms with Gasteiger partial charge < -0.3 is 15.2 Å². The van der Waals surface area contributed by atoms with E-state index < -0.39 is 94.3 Å². The lowest BCUT2D eigenvalue weighted by atomic mass is 10.1. The van der Waals surface area contributed by atoms with Crippen LogP contribution in [0.4, 0.5) is 39.8 Å². The van der Waals surface area contributed by atoms with Gasteiger partial charge in [0, 0.05) is 30.0 Å². The van der Waals surface area contributed by atoms with Crippen LogP contribution in [0.15, 0.2) is 142 Å². The van der Waals surface area contributed by atoms with Crippen molar-refractivity contribution in [3.8, 4) is 11.5 Å². The summed E-state index contributed by atoms with van der Waals surface area (Å²) in [6, 6.07) is 18.4. The Hall–Kier alpha value is -7.49. The van der Waals surface area contributed by atoms with Crippen molar-refractivity contribution in [2.24, 2.45) is 20.4 Å². The molecule has 0 amide bonds. The minimum atomic E-state index is -5.00. The van der Waals surface area contributed by atoms with Crippen LogP contribution in [0.3, 0.4) is 0 Å². The molecule has 0 fully saturated rings. The van der Waals surface area contributed by atoms with E-state index >= 15 is 0 Å². The molecular weight excluding hydrogens is 869 g/mol. The molecule has 0 unspecified atom stereocenters. The number of anilines is 4. The number of nitrogens with one attached hydrogen (secondary N) is 3. The van der Waals surface area contributed by atoms with Crippen LogP contribution in [0.2, 0.25) is 0 Å². The van der Waals surface area contributed by atoms with Gasteiger partial charge in [-0.25, -0.2) is 0 Å². The Bertz CT molecular complexity index is 3370.